The molecule has 3 rings (SSSR count). The lowest BCUT2D eigenvalue weighted by atomic mass is 10.1. The van der Waals surface area contributed by atoms with Crippen LogP contribution in [0.25, 0.3) is 10.4 Å². The van der Waals surface area contributed by atoms with Crippen molar-refractivity contribution >= 4 is 33.8 Å². The number of carbonyl (C=O) groups is 2. The van der Waals surface area contributed by atoms with Gasteiger partial charge in [0.05, 0.1) is 16.2 Å². The second-order valence-corrected chi connectivity index (χ2v) is 7.17. The standard InChI is InChI=1S/C19H16N4O5S/c1-11-14(23(27)28)7-8-17(25)22(11)10-16(24)21-19-13(18(20)26)9-15(29-19)12-5-3-2-4-6-12/h2-9H,10H2,1H3,(H2,20,26)(H,21,24). The summed E-state index contributed by atoms with van der Waals surface area (Å²) in [6.07, 6.45) is 0. The van der Waals surface area contributed by atoms with Crippen LogP contribution in [-0.4, -0.2) is 21.3 Å². The minimum atomic E-state index is -0.706. The Morgan fingerprint density at radius 1 is 1.21 bits per heavy atom. The van der Waals surface area contributed by atoms with E-state index in [2.05, 4.69) is 5.32 Å². The summed E-state index contributed by atoms with van der Waals surface area (Å²) < 4.78 is 1.00. The van der Waals surface area contributed by atoms with Gasteiger partial charge in [0.15, 0.2) is 0 Å². The number of rotatable bonds is 6. The van der Waals surface area contributed by atoms with Crippen LogP contribution in [0.4, 0.5) is 10.7 Å². The number of carbonyl (C=O) groups excluding carboxylic acids is 2. The number of nitrogens with one attached hydrogen (secondary N) is 1. The van der Waals surface area contributed by atoms with Crippen molar-refractivity contribution in [3.05, 3.63) is 80.3 Å². The molecule has 0 saturated heterocycles. The summed E-state index contributed by atoms with van der Waals surface area (Å²) in [4.78, 5) is 47.5. The molecule has 0 bridgehead atoms. The molecule has 0 aliphatic carbocycles. The van der Waals surface area contributed by atoms with Crippen LogP contribution >= 0.6 is 11.3 Å². The number of aromatic nitrogens is 1. The zero-order valence-corrected chi connectivity index (χ0v) is 16.1. The van der Waals surface area contributed by atoms with Crippen molar-refractivity contribution in [3.63, 3.8) is 0 Å². The summed E-state index contributed by atoms with van der Waals surface area (Å²) in [5.41, 5.74) is 5.67. The van der Waals surface area contributed by atoms with E-state index in [1.165, 1.54) is 18.3 Å². The Morgan fingerprint density at radius 3 is 2.52 bits per heavy atom. The van der Waals surface area contributed by atoms with Crippen LogP contribution in [0.2, 0.25) is 0 Å². The quantitative estimate of drug-likeness (QED) is 0.473. The second-order valence-electron chi connectivity index (χ2n) is 6.12. The van der Waals surface area contributed by atoms with Crippen molar-refractivity contribution in [2.75, 3.05) is 5.32 Å². The largest absolute Gasteiger partial charge is 0.366 e. The molecule has 3 N–H and O–H groups in total. The van der Waals surface area contributed by atoms with E-state index in [4.69, 9.17) is 5.73 Å². The average Bonchev–Trinajstić information content (AvgIpc) is 3.09. The fourth-order valence-corrected chi connectivity index (χ4v) is 3.86. The maximum Gasteiger partial charge on any atom is 0.288 e. The Bertz CT molecular complexity index is 1170. The zero-order chi connectivity index (χ0) is 21.1. The first-order valence-corrected chi connectivity index (χ1v) is 9.23. The smallest absolute Gasteiger partial charge is 0.288 e. The topological polar surface area (TPSA) is 137 Å². The Labute approximate surface area is 168 Å². The molecule has 0 fully saturated rings. The molecule has 9 nitrogen and oxygen atoms in total. The van der Waals surface area contributed by atoms with E-state index in [1.54, 1.807) is 6.07 Å². The zero-order valence-electron chi connectivity index (χ0n) is 15.2. The molecular weight excluding hydrogens is 396 g/mol. The van der Waals surface area contributed by atoms with Gasteiger partial charge in [-0.25, -0.2) is 0 Å². The van der Waals surface area contributed by atoms with E-state index < -0.39 is 28.8 Å². The van der Waals surface area contributed by atoms with Crippen molar-refractivity contribution in [1.82, 2.24) is 4.57 Å². The van der Waals surface area contributed by atoms with E-state index in [9.17, 15) is 24.5 Å². The summed E-state index contributed by atoms with van der Waals surface area (Å²) in [7, 11) is 0. The second kappa shape index (κ2) is 8.07. The van der Waals surface area contributed by atoms with Gasteiger partial charge in [-0.15, -0.1) is 11.3 Å². The van der Waals surface area contributed by atoms with E-state index in [-0.39, 0.29) is 21.9 Å². The van der Waals surface area contributed by atoms with Crippen LogP contribution in [0, 0.1) is 17.0 Å². The highest BCUT2D eigenvalue weighted by molar-refractivity contribution is 7.20. The lowest BCUT2D eigenvalue weighted by Gasteiger charge is -2.10. The monoisotopic (exact) mass is 412 g/mol. The van der Waals surface area contributed by atoms with Crippen LogP contribution in [-0.2, 0) is 11.3 Å². The van der Waals surface area contributed by atoms with Crippen LogP contribution in [0.15, 0.2) is 53.3 Å². The van der Waals surface area contributed by atoms with E-state index in [1.807, 2.05) is 30.3 Å². The van der Waals surface area contributed by atoms with Gasteiger partial charge >= 0.3 is 0 Å². The Hall–Kier alpha value is -3.79. The van der Waals surface area contributed by atoms with Crippen molar-refractivity contribution in [2.45, 2.75) is 13.5 Å². The normalized spacial score (nSPS) is 10.5. The number of anilines is 1. The molecule has 29 heavy (non-hydrogen) atoms. The number of primary amides is 1. The first-order chi connectivity index (χ1) is 13.8. The van der Waals surface area contributed by atoms with Gasteiger partial charge in [-0.05, 0) is 18.6 Å². The maximum atomic E-state index is 12.5. The molecule has 2 heterocycles. The van der Waals surface area contributed by atoms with E-state index in [0.717, 1.165) is 27.1 Å². The summed E-state index contributed by atoms with van der Waals surface area (Å²) in [5, 5.41) is 13.9. The Kier molecular flexibility index (Phi) is 5.55. The van der Waals surface area contributed by atoms with Gasteiger partial charge in [0.25, 0.3) is 17.2 Å². The molecular formula is C19H16N4O5S. The summed E-state index contributed by atoms with van der Waals surface area (Å²) in [6, 6.07) is 13.0. The number of amides is 2. The molecule has 0 aliphatic rings. The van der Waals surface area contributed by atoms with Gasteiger partial charge < -0.3 is 11.1 Å². The minimum Gasteiger partial charge on any atom is -0.366 e. The number of thiophene rings is 1. The predicted octanol–water partition coefficient (Wildman–Crippen LogP) is 2.53. The minimum absolute atomic E-state index is 0.0592. The van der Waals surface area contributed by atoms with Crippen molar-refractivity contribution < 1.29 is 14.5 Å². The highest BCUT2D eigenvalue weighted by Gasteiger charge is 2.20. The third kappa shape index (κ3) is 4.22. The van der Waals surface area contributed by atoms with Gasteiger partial charge in [-0.1, -0.05) is 30.3 Å². The molecule has 10 heteroatoms. The number of benzene rings is 1. The first kappa shape index (κ1) is 20.0. The third-order valence-electron chi connectivity index (χ3n) is 4.23. The highest BCUT2D eigenvalue weighted by atomic mass is 32.1. The third-order valence-corrected chi connectivity index (χ3v) is 5.33. The number of pyridine rings is 1. The maximum absolute atomic E-state index is 12.5. The Morgan fingerprint density at radius 2 is 1.90 bits per heavy atom. The molecule has 0 saturated carbocycles. The van der Waals surface area contributed by atoms with Gasteiger partial charge in [0, 0.05) is 17.0 Å². The molecule has 1 aromatic carbocycles. The molecule has 148 valence electrons. The van der Waals surface area contributed by atoms with E-state index >= 15 is 0 Å². The van der Waals surface area contributed by atoms with Crippen LogP contribution < -0.4 is 16.6 Å². The van der Waals surface area contributed by atoms with Gasteiger partial charge in [-0.3, -0.25) is 29.1 Å². The SMILES string of the molecule is Cc1c([N+](=O)[O-])ccc(=O)n1CC(=O)Nc1sc(-c2ccccc2)cc1C(N)=O. The van der Waals surface area contributed by atoms with Gasteiger partial charge in [0.1, 0.15) is 11.5 Å². The van der Waals surface area contributed by atoms with Crippen LogP contribution in [0.3, 0.4) is 0 Å². The molecule has 3 aromatic rings. The van der Waals surface area contributed by atoms with Crippen molar-refractivity contribution in [1.29, 1.82) is 0 Å². The molecule has 2 amide bonds. The number of hydrogen-bond donors (Lipinski definition) is 2. The fraction of sp³-hybridized carbons (Fsp3) is 0.105. The lowest BCUT2D eigenvalue weighted by Crippen LogP contribution is -2.29. The predicted molar refractivity (Wildman–Crippen MR) is 109 cm³/mol. The van der Waals surface area contributed by atoms with Crippen molar-refractivity contribution in [3.8, 4) is 10.4 Å². The number of nitrogens with zero attached hydrogens (tertiary/aromatic N) is 2. The summed E-state index contributed by atoms with van der Waals surface area (Å²) in [5.74, 6) is -1.32. The van der Waals surface area contributed by atoms with Gasteiger partial charge in [0.2, 0.25) is 5.91 Å². The number of hydrogen-bond acceptors (Lipinski definition) is 6. The molecule has 0 radical (unpaired) electrons. The summed E-state index contributed by atoms with van der Waals surface area (Å²) >= 11 is 1.17. The molecule has 2 aromatic heterocycles. The van der Waals surface area contributed by atoms with Crippen molar-refractivity contribution in [2.24, 2.45) is 5.73 Å². The number of nitrogens with two attached hydrogens (primary N) is 1. The Balaban J connectivity index is 1.89. The van der Waals surface area contributed by atoms with Crippen LogP contribution in [0.1, 0.15) is 16.1 Å². The lowest BCUT2D eigenvalue weighted by molar-refractivity contribution is -0.386. The van der Waals surface area contributed by atoms with E-state index in [0.29, 0.717) is 0 Å². The highest BCUT2D eigenvalue weighted by Crippen LogP contribution is 2.35. The molecule has 0 atom stereocenters. The fourth-order valence-electron chi connectivity index (χ4n) is 2.78. The summed E-state index contributed by atoms with van der Waals surface area (Å²) in [6.45, 7) is 0.948. The molecule has 0 aliphatic heterocycles. The van der Waals surface area contributed by atoms with Crippen LogP contribution in [0.5, 0.6) is 0 Å². The number of nitro groups is 1. The van der Waals surface area contributed by atoms with Gasteiger partial charge in [-0.2, -0.15) is 0 Å². The average molecular weight is 412 g/mol. The molecule has 0 spiro atoms. The first-order valence-electron chi connectivity index (χ1n) is 8.41. The molecule has 0 unspecified atom stereocenters.